The lowest BCUT2D eigenvalue weighted by Crippen LogP contribution is -2.32. The number of halogens is 1. The number of benzene rings is 3. The Kier molecular flexibility index (Phi) is 5.91. The van der Waals surface area contributed by atoms with Crippen LogP contribution in [0.25, 0.3) is 16.6 Å². The third-order valence-electron chi connectivity index (χ3n) is 4.81. The summed E-state index contributed by atoms with van der Waals surface area (Å²) in [5.41, 5.74) is 0.0189. The molecule has 4 aromatic rings. The number of aromatic carboxylic acids is 1. The number of pyridine rings is 1. The highest BCUT2D eigenvalue weighted by molar-refractivity contribution is 6.31. The van der Waals surface area contributed by atoms with Gasteiger partial charge in [0.15, 0.2) is 5.43 Å². The van der Waals surface area contributed by atoms with Crippen LogP contribution in [0.1, 0.15) is 16.1 Å². The number of carboxylic acids is 1. The van der Waals surface area contributed by atoms with E-state index in [4.69, 9.17) is 16.3 Å². The number of aromatic nitrogens is 1. The van der Waals surface area contributed by atoms with Gasteiger partial charge in [-0.25, -0.2) is 9.59 Å². The molecule has 1 heterocycles. The van der Waals surface area contributed by atoms with E-state index in [1.165, 1.54) is 10.6 Å². The number of para-hydroxylation sites is 2. The second kappa shape index (κ2) is 8.95. The fourth-order valence-corrected chi connectivity index (χ4v) is 3.60. The topological polar surface area (TPSA) is 97.6 Å². The van der Waals surface area contributed by atoms with Crippen LogP contribution in [-0.2, 0) is 6.54 Å². The maximum atomic E-state index is 13.2. The summed E-state index contributed by atoms with van der Waals surface area (Å²) in [6, 6.07) is 21.8. The van der Waals surface area contributed by atoms with Gasteiger partial charge in [-0.05, 0) is 42.5 Å². The van der Waals surface area contributed by atoms with Gasteiger partial charge in [-0.1, -0.05) is 48.0 Å². The van der Waals surface area contributed by atoms with Gasteiger partial charge in [-0.2, -0.15) is 0 Å². The van der Waals surface area contributed by atoms with E-state index in [2.05, 4.69) is 5.32 Å². The van der Waals surface area contributed by atoms with Crippen LogP contribution in [0.3, 0.4) is 0 Å². The summed E-state index contributed by atoms with van der Waals surface area (Å²) in [6.07, 6.45) is -0.811. The number of rotatable bonds is 5. The van der Waals surface area contributed by atoms with Crippen molar-refractivity contribution in [2.45, 2.75) is 6.54 Å². The first-order valence-electron chi connectivity index (χ1n) is 9.62. The molecule has 7 nitrogen and oxygen atoms in total. The van der Waals surface area contributed by atoms with Crippen LogP contribution in [0.4, 0.5) is 4.79 Å². The lowest BCUT2D eigenvalue weighted by Gasteiger charge is -2.18. The van der Waals surface area contributed by atoms with Gasteiger partial charge in [0.1, 0.15) is 11.4 Å². The number of hydrogen-bond donors (Lipinski definition) is 2. The third-order valence-corrected chi connectivity index (χ3v) is 5.04. The molecular formula is C24H17ClN2O5. The summed E-state index contributed by atoms with van der Waals surface area (Å²) in [5, 5.41) is 13.1. The molecule has 0 spiro atoms. The monoisotopic (exact) mass is 448 g/mol. The van der Waals surface area contributed by atoms with Crippen LogP contribution in [0.5, 0.6) is 5.75 Å². The first-order chi connectivity index (χ1) is 15.5. The first kappa shape index (κ1) is 21.1. The second-order valence-electron chi connectivity index (χ2n) is 6.85. The first-order valence-corrected chi connectivity index (χ1v) is 10.00. The normalized spacial score (nSPS) is 10.7. The smallest absolute Gasteiger partial charge is 0.412 e. The molecule has 0 atom stereocenters. The fraction of sp³-hybridized carbons (Fsp3) is 0.0417. The zero-order valence-electron chi connectivity index (χ0n) is 16.6. The average molecular weight is 449 g/mol. The predicted octanol–water partition coefficient (Wildman–Crippen LogP) is 4.63. The molecule has 2 N–H and O–H groups in total. The van der Waals surface area contributed by atoms with Gasteiger partial charge in [0.05, 0.1) is 17.6 Å². The predicted molar refractivity (Wildman–Crippen MR) is 121 cm³/mol. The van der Waals surface area contributed by atoms with Gasteiger partial charge < -0.3 is 19.7 Å². The Morgan fingerprint density at radius 2 is 1.62 bits per heavy atom. The molecule has 0 aliphatic carbocycles. The zero-order valence-corrected chi connectivity index (χ0v) is 17.4. The summed E-state index contributed by atoms with van der Waals surface area (Å²) in [4.78, 5) is 37.7. The highest BCUT2D eigenvalue weighted by Gasteiger charge is 2.23. The number of carbonyl (C=O) groups excluding carboxylic acids is 1. The number of fused-ring (bicyclic) bond motifs is 1. The molecular weight excluding hydrogens is 432 g/mol. The average Bonchev–Trinajstić information content (AvgIpc) is 2.79. The number of hydrogen-bond acceptors (Lipinski definition) is 4. The van der Waals surface area contributed by atoms with Crippen LogP contribution in [0, 0.1) is 0 Å². The molecule has 4 rings (SSSR count). The largest absolute Gasteiger partial charge is 0.477 e. The Bertz CT molecular complexity index is 1370. The van der Waals surface area contributed by atoms with E-state index in [9.17, 15) is 19.5 Å². The number of ether oxygens (including phenoxy) is 1. The number of nitrogens with one attached hydrogen (secondary N) is 1. The molecule has 0 saturated heterocycles. The molecule has 0 aliphatic rings. The summed E-state index contributed by atoms with van der Waals surface area (Å²) < 4.78 is 6.62. The van der Waals surface area contributed by atoms with Crippen LogP contribution < -0.4 is 15.5 Å². The van der Waals surface area contributed by atoms with Gasteiger partial charge in [0.25, 0.3) is 0 Å². The van der Waals surface area contributed by atoms with Crippen molar-refractivity contribution in [2.75, 3.05) is 0 Å². The Hall–Kier alpha value is -4.10. The maximum Gasteiger partial charge on any atom is 0.412 e. The molecule has 1 amide bonds. The Morgan fingerprint density at radius 3 is 2.28 bits per heavy atom. The van der Waals surface area contributed by atoms with Crippen LogP contribution >= 0.6 is 11.6 Å². The zero-order chi connectivity index (χ0) is 22.7. The number of carbonyl (C=O) groups is 2. The van der Waals surface area contributed by atoms with Gasteiger partial charge in [0.2, 0.25) is 0 Å². The maximum absolute atomic E-state index is 13.2. The highest BCUT2D eigenvalue weighted by Crippen LogP contribution is 2.25. The molecule has 0 saturated carbocycles. The third kappa shape index (κ3) is 4.19. The molecule has 0 radical (unpaired) electrons. The minimum Gasteiger partial charge on any atom is -0.477 e. The molecule has 32 heavy (non-hydrogen) atoms. The van der Waals surface area contributed by atoms with Crippen molar-refractivity contribution in [1.82, 2.24) is 9.88 Å². The molecule has 0 aliphatic heterocycles. The standard InChI is InChI=1S/C24H17ClN2O5/c25-15-11-12-18-20(13-15)27(16-7-3-1-4-8-16)21(23(29)30)19(22(18)28)14-26-24(31)32-17-9-5-2-6-10-17/h1-13H,14H2,(H,26,31)(H,29,30). The molecule has 0 bridgehead atoms. The Morgan fingerprint density at radius 1 is 0.969 bits per heavy atom. The van der Waals surface area contributed by atoms with Gasteiger partial charge in [-0.3, -0.25) is 4.79 Å². The van der Waals surface area contributed by atoms with E-state index < -0.39 is 17.5 Å². The van der Waals surface area contributed by atoms with E-state index in [0.717, 1.165) is 0 Å². The summed E-state index contributed by atoms with van der Waals surface area (Å²) in [6.45, 7) is -0.336. The minimum absolute atomic E-state index is 0.0822. The quantitative estimate of drug-likeness (QED) is 0.464. The Balaban J connectivity index is 1.83. The molecule has 3 aromatic carbocycles. The van der Waals surface area contributed by atoms with Crippen molar-refractivity contribution in [1.29, 1.82) is 0 Å². The van der Waals surface area contributed by atoms with Crippen molar-refractivity contribution in [3.63, 3.8) is 0 Å². The summed E-state index contributed by atoms with van der Waals surface area (Å²) in [5.74, 6) is -1.00. The fourth-order valence-electron chi connectivity index (χ4n) is 3.43. The number of nitrogens with zero attached hydrogens (tertiary/aromatic N) is 1. The molecule has 160 valence electrons. The van der Waals surface area contributed by atoms with E-state index >= 15 is 0 Å². The van der Waals surface area contributed by atoms with Crippen LogP contribution in [0.2, 0.25) is 5.02 Å². The van der Waals surface area contributed by atoms with Crippen LogP contribution in [0.15, 0.2) is 83.7 Å². The SMILES string of the molecule is O=C(NCc1c(C(=O)O)n(-c2ccccc2)c2cc(Cl)ccc2c1=O)Oc1ccccc1. The summed E-state index contributed by atoms with van der Waals surface area (Å²) in [7, 11) is 0. The summed E-state index contributed by atoms with van der Waals surface area (Å²) >= 11 is 6.15. The van der Waals surface area contributed by atoms with E-state index in [1.807, 2.05) is 0 Å². The number of carboxylic acid groups (broad SMARTS) is 1. The Labute approximate surface area is 187 Å². The molecule has 8 heteroatoms. The highest BCUT2D eigenvalue weighted by atomic mass is 35.5. The van der Waals surface area contributed by atoms with Crippen molar-refractivity contribution in [2.24, 2.45) is 0 Å². The van der Waals surface area contributed by atoms with Crippen molar-refractivity contribution in [3.8, 4) is 11.4 Å². The van der Waals surface area contributed by atoms with E-state index in [0.29, 0.717) is 22.0 Å². The van der Waals surface area contributed by atoms with Crippen molar-refractivity contribution < 1.29 is 19.4 Å². The van der Waals surface area contributed by atoms with E-state index in [-0.39, 0.29) is 23.2 Å². The van der Waals surface area contributed by atoms with Crippen LogP contribution in [-0.4, -0.2) is 21.7 Å². The second-order valence-corrected chi connectivity index (χ2v) is 7.29. The number of amides is 1. The van der Waals surface area contributed by atoms with Gasteiger partial charge in [-0.15, -0.1) is 0 Å². The van der Waals surface area contributed by atoms with Gasteiger partial charge >= 0.3 is 12.1 Å². The lowest BCUT2D eigenvalue weighted by atomic mass is 10.1. The minimum atomic E-state index is -1.32. The van der Waals surface area contributed by atoms with Gasteiger partial charge in [0, 0.05) is 16.1 Å². The molecule has 1 aromatic heterocycles. The molecule has 0 unspecified atom stereocenters. The van der Waals surface area contributed by atoms with Crippen molar-refractivity contribution >= 4 is 34.6 Å². The van der Waals surface area contributed by atoms with E-state index in [1.54, 1.807) is 72.8 Å². The van der Waals surface area contributed by atoms with Crippen molar-refractivity contribution in [3.05, 3.63) is 105 Å². The molecule has 0 fully saturated rings. The lowest BCUT2D eigenvalue weighted by molar-refractivity contribution is 0.0686.